The number of nitrogens with zero attached hydrogens (tertiary/aromatic N) is 2. The molecule has 1 N–H and O–H groups in total. The monoisotopic (exact) mass is 446 g/mol. The van der Waals surface area contributed by atoms with Gasteiger partial charge >= 0.3 is 0 Å². The molecule has 1 aliphatic heterocycles. The van der Waals surface area contributed by atoms with Crippen LogP contribution in [-0.4, -0.2) is 28.9 Å². The molecular formula is C25H22N2O4S. The first kappa shape index (κ1) is 20.3. The summed E-state index contributed by atoms with van der Waals surface area (Å²) in [5.41, 5.74) is 3.68. The van der Waals surface area contributed by atoms with Crippen molar-refractivity contribution in [2.24, 2.45) is 0 Å². The van der Waals surface area contributed by atoms with Crippen LogP contribution in [0.5, 0.6) is 11.5 Å². The lowest BCUT2D eigenvalue weighted by Crippen LogP contribution is -2.23. The van der Waals surface area contributed by atoms with Gasteiger partial charge in [0.1, 0.15) is 16.4 Å². The minimum absolute atomic E-state index is 0.0307. The highest BCUT2D eigenvalue weighted by molar-refractivity contribution is 7.18. The molecule has 0 saturated heterocycles. The average molecular weight is 447 g/mol. The first-order chi connectivity index (χ1) is 15.4. The molecular weight excluding hydrogens is 424 g/mol. The molecule has 1 aliphatic rings. The van der Waals surface area contributed by atoms with E-state index in [2.05, 4.69) is 4.98 Å². The van der Waals surface area contributed by atoms with Gasteiger partial charge in [-0.1, -0.05) is 24.3 Å². The van der Waals surface area contributed by atoms with Gasteiger partial charge < -0.3 is 19.1 Å². The second kappa shape index (κ2) is 7.53. The van der Waals surface area contributed by atoms with Crippen LogP contribution in [0, 0.1) is 13.8 Å². The lowest BCUT2D eigenvalue weighted by Gasteiger charge is -2.25. The highest BCUT2D eigenvalue weighted by atomic mass is 32.1. The maximum Gasteiger partial charge on any atom is 0.282 e. The molecule has 5 rings (SSSR count). The van der Waals surface area contributed by atoms with E-state index >= 15 is 0 Å². The Labute approximate surface area is 189 Å². The molecule has 0 unspecified atom stereocenters. The molecule has 3 heterocycles. The molecule has 162 valence electrons. The maximum absolute atomic E-state index is 13.0. The molecule has 32 heavy (non-hydrogen) atoms. The predicted molar refractivity (Wildman–Crippen MR) is 127 cm³/mol. The number of hydrogen-bond donors (Lipinski definition) is 1. The lowest BCUT2D eigenvalue weighted by atomic mass is 9.92. The number of hydrogen-bond acceptors (Lipinski definition) is 6. The summed E-state index contributed by atoms with van der Waals surface area (Å²) in [7, 11) is 3.12. The van der Waals surface area contributed by atoms with E-state index in [-0.39, 0.29) is 11.3 Å². The Morgan fingerprint density at radius 1 is 1.09 bits per heavy atom. The van der Waals surface area contributed by atoms with Crippen molar-refractivity contribution in [2.75, 3.05) is 14.2 Å². The summed E-state index contributed by atoms with van der Waals surface area (Å²) in [5.74, 6) is 1.57. The van der Waals surface area contributed by atoms with E-state index in [0.29, 0.717) is 40.4 Å². The predicted octanol–water partition coefficient (Wildman–Crippen LogP) is 4.93. The highest BCUT2D eigenvalue weighted by Gasteiger charge is 2.28. The third-order valence-corrected chi connectivity index (χ3v) is 7.25. The molecule has 0 radical (unpaired) electrons. The Balaban J connectivity index is 1.86. The molecule has 0 atom stereocenters. The fourth-order valence-electron chi connectivity index (χ4n) is 4.25. The summed E-state index contributed by atoms with van der Waals surface area (Å²) in [6, 6.07) is 13.1. The van der Waals surface area contributed by atoms with Crippen LogP contribution in [0.1, 0.15) is 33.0 Å². The van der Waals surface area contributed by atoms with Crippen molar-refractivity contribution in [3.8, 4) is 11.5 Å². The van der Waals surface area contributed by atoms with Crippen molar-refractivity contribution in [1.82, 2.24) is 9.55 Å². The number of aryl methyl sites for hydroxylation is 2. The van der Waals surface area contributed by atoms with Crippen LogP contribution in [-0.2, 0) is 6.54 Å². The summed E-state index contributed by atoms with van der Waals surface area (Å²) < 4.78 is 12.8. The number of ether oxygens (including phenoxy) is 2. The Kier molecular flexibility index (Phi) is 4.78. The minimum Gasteiger partial charge on any atom is -0.507 e. The SMILES string of the molecule is COc1ccc(C(O)=C2c3ccccc3Cn3c2nc(=O)c2c(C)c(C)sc23)cc1OC. The number of methoxy groups -OCH3 is 2. The van der Waals surface area contributed by atoms with Gasteiger partial charge in [-0.3, -0.25) is 4.79 Å². The summed E-state index contributed by atoms with van der Waals surface area (Å²) in [6.45, 7) is 4.55. The highest BCUT2D eigenvalue weighted by Crippen LogP contribution is 2.40. The number of rotatable bonds is 3. The van der Waals surface area contributed by atoms with Crippen LogP contribution in [0.4, 0.5) is 0 Å². The number of aliphatic hydroxyl groups excluding tert-OH is 1. The van der Waals surface area contributed by atoms with Crippen LogP contribution in [0.3, 0.4) is 0 Å². The average Bonchev–Trinajstić information content (AvgIpc) is 3.12. The van der Waals surface area contributed by atoms with Crippen LogP contribution < -0.4 is 15.0 Å². The second-order valence-electron chi connectivity index (χ2n) is 7.74. The van der Waals surface area contributed by atoms with E-state index in [9.17, 15) is 9.90 Å². The number of aromatic nitrogens is 2. The van der Waals surface area contributed by atoms with Crippen molar-refractivity contribution in [2.45, 2.75) is 20.4 Å². The number of benzene rings is 2. The van der Waals surface area contributed by atoms with Crippen molar-refractivity contribution >= 4 is 32.9 Å². The van der Waals surface area contributed by atoms with Gasteiger partial charge in [-0.05, 0) is 48.7 Å². The third kappa shape index (κ3) is 2.92. The first-order valence-corrected chi connectivity index (χ1v) is 11.0. The molecule has 2 aromatic heterocycles. The third-order valence-electron chi connectivity index (χ3n) is 6.02. The molecule has 0 bridgehead atoms. The molecule has 4 aromatic rings. The fraction of sp³-hybridized carbons (Fsp3) is 0.200. The van der Waals surface area contributed by atoms with Crippen LogP contribution in [0.2, 0.25) is 0 Å². The molecule has 0 amide bonds. The summed E-state index contributed by atoms with van der Waals surface area (Å²) in [4.78, 5) is 19.5. The first-order valence-electron chi connectivity index (χ1n) is 10.2. The van der Waals surface area contributed by atoms with Crippen LogP contribution >= 0.6 is 11.3 Å². The zero-order valence-corrected chi connectivity index (χ0v) is 19.0. The number of thiophene rings is 1. The van der Waals surface area contributed by atoms with Crippen molar-refractivity contribution in [3.63, 3.8) is 0 Å². The van der Waals surface area contributed by atoms with Gasteiger partial charge in [-0.25, -0.2) is 0 Å². The van der Waals surface area contributed by atoms with Gasteiger partial charge in [0.15, 0.2) is 11.5 Å². The molecule has 0 fully saturated rings. The fourth-order valence-corrected chi connectivity index (χ4v) is 5.40. The van der Waals surface area contributed by atoms with Gasteiger partial charge in [-0.2, -0.15) is 4.98 Å². The Morgan fingerprint density at radius 2 is 1.84 bits per heavy atom. The summed E-state index contributed by atoms with van der Waals surface area (Å²) in [6.07, 6.45) is 0. The topological polar surface area (TPSA) is 73.6 Å². The Morgan fingerprint density at radius 3 is 2.59 bits per heavy atom. The quantitative estimate of drug-likeness (QED) is 0.398. The van der Waals surface area contributed by atoms with Gasteiger partial charge in [0.05, 0.1) is 31.7 Å². The molecule has 0 saturated carbocycles. The standard InChI is InChI=1S/C25H22N2O4S/c1-13-14(2)32-25-20(13)24(29)26-23-21(17-8-6-5-7-16(17)12-27(23)25)22(28)15-9-10-18(30-3)19(11-15)31-4/h5-11,28H,12H2,1-4H3. The van der Waals surface area contributed by atoms with Crippen molar-refractivity contribution in [1.29, 1.82) is 0 Å². The summed E-state index contributed by atoms with van der Waals surface area (Å²) in [5, 5.41) is 12.1. The lowest BCUT2D eigenvalue weighted by molar-refractivity contribution is 0.354. The molecule has 6 nitrogen and oxygen atoms in total. The summed E-state index contributed by atoms with van der Waals surface area (Å²) >= 11 is 1.58. The van der Waals surface area contributed by atoms with Gasteiger partial charge in [0.2, 0.25) is 0 Å². The normalized spacial score (nSPS) is 14.1. The second-order valence-corrected chi connectivity index (χ2v) is 8.94. The Bertz CT molecular complexity index is 1480. The van der Waals surface area contributed by atoms with Crippen LogP contribution in [0.25, 0.3) is 21.5 Å². The largest absolute Gasteiger partial charge is 0.507 e. The molecule has 0 spiro atoms. The minimum atomic E-state index is -0.273. The van der Waals surface area contributed by atoms with E-state index in [4.69, 9.17) is 9.47 Å². The van der Waals surface area contributed by atoms with Crippen molar-refractivity contribution in [3.05, 3.63) is 85.8 Å². The van der Waals surface area contributed by atoms with E-state index in [1.807, 2.05) is 42.7 Å². The number of fused-ring (bicyclic) bond motifs is 4. The molecule has 7 heteroatoms. The van der Waals surface area contributed by atoms with Crippen molar-refractivity contribution < 1.29 is 14.6 Å². The van der Waals surface area contributed by atoms with E-state index in [1.165, 1.54) is 0 Å². The van der Waals surface area contributed by atoms with Gasteiger partial charge in [-0.15, -0.1) is 11.3 Å². The van der Waals surface area contributed by atoms with E-state index < -0.39 is 0 Å². The Hall–Kier alpha value is -3.58. The zero-order valence-electron chi connectivity index (χ0n) is 18.2. The van der Waals surface area contributed by atoms with Crippen LogP contribution in [0.15, 0.2) is 47.3 Å². The molecule has 2 aromatic carbocycles. The van der Waals surface area contributed by atoms with E-state index in [1.54, 1.807) is 43.8 Å². The van der Waals surface area contributed by atoms with E-state index in [0.717, 1.165) is 26.4 Å². The molecule has 0 aliphatic carbocycles. The van der Waals surface area contributed by atoms with Gasteiger partial charge in [0, 0.05) is 10.4 Å². The smallest absolute Gasteiger partial charge is 0.282 e. The maximum atomic E-state index is 13.0. The zero-order chi connectivity index (χ0) is 22.6. The number of aliphatic hydroxyl groups is 1. The van der Waals surface area contributed by atoms with Gasteiger partial charge in [0.25, 0.3) is 5.56 Å².